The van der Waals surface area contributed by atoms with Gasteiger partial charge in [0.05, 0.1) is 58.0 Å². The maximum atomic E-state index is 14.4. The van der Waals surface area contributed by atoms with Crippen LogP contribution in [-0.4, -0.2) is 62.5 Å². The number of phosphoric ester groups is 1. The molecule has 0 amide bonds. The Kier molecular flexibility index (Phi) is 19.8. The highest BCUT2D eigenvalue weighted by molar-refractivity contribution is 7.48. The Labute approximate surface area is 327 Å². The summed E-state index contributed by atoms with van der Waals surface area (Å²) in [5.74, 6) is -0.673. The van der Waals surface area contributed by atoms with Crippen molar-refractivity contribution >= 4 is 7.82 Å². The minimum Gasteiger partial charge on any atom is -0.396 e. The summed E-state index contributed by atoms with van der Waals surface area (Å²) >= 11 is 0. The molecule has 0 heterocycles. The van der Waals surface area contributed by atoms with Crippen molar-refractivity contribution in [3.8, 4) is 0 Å². The summed E-state index contributed by atoms with van der Waals surface area (Å²) in [6, 6.07) is 39.2. The van der Waals surface area contributed by atoms with Gasteiger partial charge in [0.1, 0.15) is 12.7 Å². The molecule has 1 unspecified atom stereocenters. The van der Waals surface area contributed by atoms with E-state index in [4.69, 9.17) is 39.1 Å². The van der Waals surface area contributed by atoms with E-state index in [1.165, 1.54) is 0 Å². The highest BCUT2D eigenvalue weighted by Gasteiger charge is 2.36. The Morgan fingerprint density at radius 2 is 0.982 bits per heavy atom. The molecular formula is C44H56NO9P. The van der Waals surface area contributed by atoms with Gasteiger partial charge in [0.25, 0.3) is 0 Å². The van der Waals surface area contributed by atoms with E-state index in [1.54, 1.807) is 0 Å². The van der Waals surface area contributed by atoms with Crippen LogP contribution in [0.5, 0.6) is 0 Å². The van der Waals surface area contributed by atoms with E-state index in [-0.39, 0.29) is 64.1 Å². The van der Waals surface area contributed by atoms with Gasteiger partial charge in [-0.05, 0) is 28.7 Å². The van der Waals surface area contributed by atoms with Crippen molar-refractivity contribution in [2.24, 2.45) is 11.8 Å². The van der Waals surface area contributed by atoms with Crippen LogP contribution in [0.25, 0.3) is 4.85 Å². The fourth-order valence-corrected chi connectivity index (χ4v) is 7.21. The lowest BCUT2D eigenvalue weighted by molar-refractivity contribution is -0.129. The fraction of sp³-hybridized carbons (Fsp3) is 0.432. The number of hydrogen-bond donors (Lipinski definition) is 1. The standard InChI is InChI=1S/C44H56NO9P/c1-5-41(48-30-37-18-10-6-11-19-37)44(51-33-40-24-16-9-17-25-40)36(3)29-53-55(47,52-27-26-45-4)54-34-42(49-31-38-20-12-7-13-21-38)43(35(2)28-46)50-32-39-22-14-8-15-23-39/h6-25,35-36,41-44,46H,5,26-34H2,1-3H3/t35-,36-,41+,42+,43-,44-,55?/m1/s1. The molecule has 0 spiro atoms. The Balaban J connectivity index is 1.52. The zero-order chi connectivity index (χ0) is 39.1. The molecule has 4 aromatic carbocycles. The molecule has 10 nitrogen and oxygen atoms in total. The van der Waals surface area contributed by atoms with Crippen LogP contribution in [0.1, 0.15) is 49.4 Å². The third kappa shape index (κ3) is 15.7. The summed E-state index contributed by atoms with van der Waals surface area (Å²) in [5, 5.41) is 10.3. The van der Waals surface area contributed by atoms with Crippen molar-refractivity contribution in [2.75, 3.05) is 33.0 Å². The molecule has 7 atom stereocenters. The van der Waals surface area contributed by atoms with Gasteiger partial charge < -0.3 is 28.9 Å². The van der Waals surface area contributed by atoms with Crippen molar-refractivity contribution in [1.29, 1.82) is 0 Å². The number of aliphatic hydroxyl groups excluding tert-OH is 1. The van der Waals surface area contributed by atoms with Crippen LogP contribution in [0.3, 0.4) is 0 Å². The van der Waals surface area contributed by atoms with Crippen LogP contribution in [0.4, 0.5) is 0 Å². The molecule has 55 heavy (non-hydrogen) atoms. The summed E-state index contributed by atoms with van der Waals surface area (Å²) < 4.78 is 57.9. The minimum atomic E-state index is -4.26. The molecule has 4 rings (SSSR count). The van der Waals surface area contributed by atoms with E-state index < -0.39 is 26.1 Å². The lowest BCUT2D eigenvalue weighted by atomic mass is 9.98. The summed E-state index contributed by atoms with van der Waals surface area (Å²) in [4.78, 5) is 3.35. The third-order valence-electron chi connectivity index (χ3n) is 9.07. The van der Waals surface area contributed by atoms with Crippen molar-refractivity contribution < 1.29 is 42.2 Å². The van der Waals surface area contributed by atoms with Crippen LogP contribution >= 0.6 is 7.82 Å². The number of aliphatic hydroxyl groups is 1. The Morgan fingerprint density at radius 3 is 1.40 bits per heavy atom. The average Bonchev–Trinajstić information content (AvgIpc) is 3.23. The van der Waals surface area contributed by atoms with Crippen molar-refractivity contribution in [1.82, 2.24) is 0 Å². The Bertz CT molecular complexity index is 1680. The molecule has 0 aliphatic heterocycles. The largest absolute Gasteiger partial charge is 0.475 e. The van der Waals surface area contributed by atoms with Gasteiger partial charge in [-0.3, -0.25) is 13.6 Å². The number of rotatable bonds is 27. The monoisotopic (exact) mass is 773 g/mol. The molecule has 4 aromatic rings. The molecule has 11 heteroatoms. The summed E-state index contributed by atoms with van der Waals surface area (Å²) in [6.07, 6.45) is -1.49. The smallest absolute Gasteiger partial charge is 0.396 e. The molecule has 0 aliphatic carbocycles. The Morgan fingerprint density at radius 1 is 0.582 bits per heavy atom. The fourth-order valence-electron chi connectivity index (χ4n) is 5.93. The molecule has 1 N–H and O–H groups in total. The maximum Gasteiger partial charge on any atom is 0.475 e. The number of nitrogens with zero attached hydrogens (tertiary/aromatic N) is 1. The molecule has 296 valence electrons. The summed E-state index contributed by atoms with van der Waals surface area (Å²) in [5.41, 5.74) is 3.93. The number of phosphoric acid groups is 1. The van der Waals surface area contributed by atoms with E-state index in [1.807, 2.05) is 142 Å². The number of benzene rings is 4. The third-order valence-corrected chi connectivity index (χ3v) is 10.5. The van der Waals surface area contributed by atoms with Gasteiger partial charge in [0.15, 0.2) is 0 Å². The first-order valence-corrected chi connectivity index (χ1v) is 20.4. The second-order valence-electron chi connectivity index (χ2n) is 13.5. The van der Waals surface area contributed by atoms with E-state index in [2.05, 4.69) is 4.85 Å². The zero-order valence-electron chi connectivity index (χ0n) is 32.2. The first-order chi connectivity index (χ1) is 26.8. The lowest BCUT2D eigenvalue weighted by Crippen LogP contribution is -2.41. The van der Waals surface area contributed by atoms with Crippen molar-refractivity contribution in [2.45, 2.75) is 78.0 Å². The quantitative estimate of drug-likeness (QED) is 0.0361. The van der Waals surface area contributed by atoms with E-state index in [0.29, 0.717) is 19.6 Å². The molecule has 0 aliphatic rings. The molecule has 0 bridgehead atoms. The van der Waals surface area contributed by atoms with Crippen LogP contribution < -0.4 is 0 Å². The van der Waals surface area contributed by atoms with Crippen LogP contribution in [0, 0.1) is 18.4 Å². The van der Waals surface area contributed by atoms with Gasteiger partial charge in [-0.1, -0.05) is 142 Å². The van der Waals surface area contributed by atoms with Crippen LogP contribution in [-0.2, 0) is 63.5 Å². The maximum absolute atomic E-state index is 14.4. The molecule has 0 aromatic heterocycles. The molecular weight excluding hydrogens is 717 g/mol. The first kappa shape index (κ1) is 44.0. The summed E-state index contributed by atoms with van der Waals surface area (Å²) in [7, 11) is -4.26. The second kappa shape index (κ2) is 24.7. The zero-order valence-corrected chi connectivity index (χ0v) is 33.1. The van der Waals surface area contributed by atoms with Crippen molar-refractivity contribution in [3.05, 3.63) is 155 Å². The lowest BCUT2D eigenvalue weighted by Gasteiger charge is -2.33. The normalized spacial score (nSPS) is 15.9. The number of hydrogen-bond acceptors (Lipinski definition) is 9. The van der Waals surface area contributed by atoms with Gasteiger partial charge in [0.2, 0.25) is 6.54 Å². The topological polar surface area (TPSA) is 106 Å². The number of ether oxygens (including phenoxy) is 4. The predicted molar refractivity (Wildman–Crippen MR) is 213 cm³/mol. The summed E-state index contributed by atoms with van der Waals surface area (Å²) in [6.45, 7) is 13.7. The van der Waals surface area contributed by atoms with E-state index >= 15 is 0 Å². The first-order valence-electron chi connectivity index (χ1n) is 18.9. The average molecular weight is 774 g/mol. The molecule has 0 radical (unpaired) electrons. The highest BCUT2D eigenvalue weighted by Crippen LogP contribution is 2.50. The van der Waals surface area contributed by atoms with Crippen molar-refractivity contribution in [3.63, 3.8) is 0 Å². The van der Waals surface area contributed by atoms with E-state index in [0.717, 1.165) is 22.3 Å². The second-order valence-corrected chi connectivity index (χ2v) is 15.2. The predicted octanol–water partition coefficient (Wildman–Crippen LogP) is 9.08. The molecule has 0 saturated carbocycles. The van der Waals surface area contributed by atoms with Gasteiger partial charge >= 0.3 is 7.82 Å². The minimum absolute atomic E-state index is 0.0292. The van der Waals surface area contributed by atoms with E-state index in [9.17, 15) is 9.67 Å². The van der Waals surface area contributed by atoms with Gasteiger partial charge in [0, 0.05) is 18.4 Å². The van der Waals surface area contributed by atoms with Crippen LogP contribution in [0.2, 0.25) is 0 Å². The van der Waals surface area contributed by atoms with Gasteiger partial charge in [-0.15, -0.1) is 0 Å². The Hall–Kier alpha value is -3.72. The molecule has 0 fully saturated rings. The van der Waals surface area contributed by atoms with Gasteiger partial charge in [-0.2, -0.15) is 0 Å². The molecule has 0 saturated heterocycles. The SMILES string of the molecule is [C-]#[N+]CCOP(=O)(OC[C@@H](C)[C@@H](OCc1ccccc1)[C@H](CC)OCc1ccccc1)OC[C@H](OCc1ccccc1)[C@H](OCc1ccccc1)[C@H](C)CO. The van der Waals surface area contributed by atoms with Gasteiger partial charge in [-0.25, -0.2) is 11.1 Å². The highest BCUT2D eigenvalue weighted by atomic mass is 31.2. The van der Waals surface area contributed by atoms with Crippen LogP contribution in [0.15, 0.2) is 121 Å².